The van der Waals surface area contributed by atoms with Gasteiger partial charge in [0.2, 0.25) is 0 Å². The molecule has 1 aromatic heterocycles. The third kappa shape index (κ3) is 3.22. The Morgan fingerprint density at radius 3 is 2.85 bits per heavy atom. The highest BCUT2D eigenvalue weighted by Gasteiger charge is 2.15. The zero-order valence-corrected chi connectivity index (χ0v) is 12.2. The molecule has 0 spiro atoms. The maximum atomic E-state index is 13.4. The summed E-state index contributed by atoms with van der Waals surface area (Å²) in [4.78, 5) is 4.33. The largest absolute Gasteiger partial charge is 0.313 e. The fourth-order valence-corrected chi connectivity index (χ4v) is 2.30. The number of benzene rings is 1. The van der Waals surface area contributed by atoms with Gasteiger partial charge in [0, 0.05) is 19.0 Å². The number of nitrogens with one attached hydrogen (secondary N) is 1. The second kappa shape index (κ2) is 6.61. The van der Waals surface area contributed by atoms with Gasteiger partial charge in [-0.25, -0.2) is 9.37 Å². The van der Waals surface area contributed by atoms with Crippen LogP contribution in [-0.4, -0.2) is 21.8 Å². The molecule has 2 aromatic rings. The fourth-order valence-electron chi connectivity index (χ4n) is 2.30. The van der Waals surface area contributed by atoms with Gasteiger partial charge >= 0.3 is 0 Å². The smallest absolute Gasteiger partial charge is 0.138 e. The Morgan fingerprint density at radius 1 is 1.40 bits per heavy atom. The van der Waals surface area contributed by atoms with Crippen LogP contribution in [0, 0.1) is 12.7 Å². The number of likely N-dealkylation sites (N-methyl/N-ethyl adjacent to an activating group) is 1. The van der Waals surface area contributed by atoms with E-state index in [0.717, 1.165) is 30.8 Å². The molecule has 0 amide bonds. The molecule has 0 aliphatic rings. The molecule has 0 fully saturated rings. The van der Waals surface area contributed by atoms with Gasteiger partial charge < -0.3 is 5.32 Å². The lowest BCUT2D eigenvalue weighted by Crippen LogP contribution is -2.21. The highest BCUT2D eigenvalue weighted by Crippen LogP contribution is 2.20. The monoisotopic (exact) mass is 276 g/mol. The number of rotatable bonds is 6. The van der Waals surface area contributed by atoms with Crippen molar-refractivity contribution in [3.8, 4) is 0 Å². The van der Waals surface area contributed by atoms with E-state index in [9.17, 15) is 4.39 Å². The van der Waals surface area contributed by atoms with E-state index < -0.39 is 0 Å². The van der Waals surface area contributed by atoms with Crippen molar-refractivity contribution < 1.29 is 4.39 Å². The molecule has 1 atom stereocenters. The van der Waals surface area contributed by atoms with Crippen LogP contribution in [0.2, 0.25) is 0 Å². The Hall–Kier alpha value is -1.75. The quantitative estimate of drug-likeness (QED) is 0.882. The van der Waals surface area contributed by atoms with Crippen LogP contribution >= 0.6 is 0 Å². The van der Waals surface area contributed by atoms with Gasteiger partial charge in [0.05, 0.1) is 0 Å². The van der Waals surface area contributed by atoms with Crippen molar-refractivity contribution in [1.82, 2.24) is 20.1 Å². The summed E-state index contributed by atoms with van der Waals surface area (Å²) in [6.45, 7) is 4.77. The van der Waals surface area contributed by atoms with Crippen molar-refractivity contribution in [1.29, 1.82) is 0 Å². The highest BCUT2D eigenvalue weighted by molar-refractivity contribution is 5.27. The number of halogens is 1. The number of aromatic nitrogens is 3. The molecule has 0 aliphatic heterocycles. The predicted octanol–water partition coefficient (Wildman–Crippen LogP) is 2.64. The normalized spacial score (nSPS) is 12.6. The van der Waals surface area contributed by atoms with E-state index in [1.165, 1.54) is 6.07 Å². The molecule has 0 aliphatic carbocycles. The van der Waals surface area contributed by atoms with E-state index in [1.807, 2.05) is 23.9 Å². The summed E-state index contributed by atoms with van der Waals surface area (Å²) in [6, 6.07) is 5.33. The summed E-state index contributed by atoms with van der Waals surface area (Å²) < 4.78 is 15.3. The van der Waals surface area contributed by atoms with Gasteiger partial charge in [0.25, 0.3) is 0 Å². The van der Waals surface area contributed by atoms with Gasteiger partial charge in [-0.15, -0.1) is 0 Å². The van der Waals surface area contributed by atoms with Gasteiger partial charge in [-0.05, 0) is 37.6 Å². The summed E-state index contributed by atoms with van der Waals surface area (Å²) in [5, 5.41) is 7.51. The van der Waals surface area contributed by atoms with Crippen LogP contribution in [0.4, 0.5) is 4.39 Å². The minimum atomic E-state index is -0.169. The molecule has 2 rings (SSSR count). The lowest BCUT2D eigenvalue weighted by Gasteiger charge is -2.17. The molecule has 0 bridgehead atoms. The molecule has 4 nitrogen and oxygen atoms in total. The van der Waals surface area contributed by atoms with Crippen molar-refractivity contribution in [2.24, 2.45) is 0 Å². The maximum Gasteiger partial charge on any atom is 0.138 e. The molecule has 0 saturated heterocycles. The molecule has 5 heteroatoms. The summed E-state index contributed by atoms with van der Waals surface area (Å²) in [6.07, 6.45) is 3.35. The molecule has 1 unspecified atom stereocenters. The number of hydrogen-bond acceptors (Lipinski definition) is 3. The van der Waals surface area contributed by atoms with Crippen LogP contribution in [0.1, 0.15) is 36.3 Å². The van der Waals surface area contributed by atoms with Crippen molar-refractivity contribution in [3.05, 3.63) is 47.3 Å². The molecular formula is C15H21FN4. The fraction of sp³-hybridized carbons (Fsp3) is 0.467. The average molecular weight is 276 g/mol. The standard InChI is InChI=1S/C15H21FN4/c1-4-7-20-15(18-10-19-20)9-14(17-3)12-5-6-13(16)11(2)8-12/h5-6,8,10,14,17H,4,7,9H2,1-3H3. The molecule has 20 heavy (non-hydrogen) atoms. The third-order valence-electron chi connectivity index (χ3n) is 3.45. The van der Waals surface area contributed by atoms with Crippen molar-refractivity contribution >= 4 is 0 Å². The molecule has 1 heterocycles. The van der Waals surface area contributed by atoms with E-state index in [1.54, 1.807) is 13.3 Å². The van der Waals surface area contributed by atoms with Crippen molar-refractivity contribution in [3.63, 3.8) is 0 Å². The Balaban J connectivity index is 2.19. The Morgan fingerprint density at radius 2 is 2.20 bits per heavy atom. The average Bonchev–Trinajstić information content (AvgIpc) is 2.87. The zero-order valence-electron chi connectivity index (χ0n) is 12.2. The van der Waals surface area contributed by atoms with Gasteiger partial charge in [0.1, 0.15) is 18.0 Å². The van der Waals surface area contributed by atoms with Gasteiger partial charge in [-0.3, -0.25) is 4.68 Å². The maximum absolute atomic E-state index is 13.4. The van der Waals surface area contributed by atoms with E-state index >= 15 is 0 Å². The summed E-state index contributed by atoms with van der Waals surface area (Å²) in [5.41, 5.74) is 1.73. The lowest BCUT2D eigenvalue weighted by molar-refractivity contribution is 0.515. The van der Waals surface area contributed by atoms with Gasteiger partial charge in [0.15, 0.2) is 0 Å². The second-order valence-electron chi connectivity index (χ2n) is 4.95. The van der Waals surface area contributed by atoms with Crippen molar-refractivity contribution in [2.75, 3.05) is 7.05 Å². The lowest BCUT2D eigenvalue weighted by atomic mass is 10.0. The molecule has 0 radical (unpaired) electrons. The van der Waals surface area contributed by atoms with E-state index in [-0.39, 0.29) is 11.9 Å². The minimum Gasteiger partial charge on any atom is -0.313 e. The highest BCUT2D eigenvalue weighted by atomic mass is 19.1. The molecule has 108 valence electrons. The Kier molecular flexibility index (Phi) is 4.84. The van der Waals surface area contributed by atoms with Crippen LogP contribution in [0.3, 0.4) is 0 Å². The van der Waals surface area contributed by atoms with Crippen LogP contribution < -0.4 is 5.32 Å². The van der Waals surface area contributed by atoms with Crippen LogP contribution in [0.15, 0.2) is 24.5 Å². The van der Waals surface area contributed by atoms with E-state index in [0.29, 0.717) is 5.56 Å². The molecule has 1 N–H and O–H groups in total. The van der Waals surface area contributed by atoms with Crippen LogP contribution in [0.5, 0.6) is 0 Å². The Labute approximate surface area is 119 Å². The summed E-state index contributed by atoms with van der Waals surface area (Å²) >= 11 is 0. The molecule has 1 aromatic carbocycles. The zero-order chi connectivity index (χ0) is 14.5. The SMILES string of the molecule is CCCn1ncnc1CC(NC)c1ccc(F)c(C)c1. The number of hydrogen-bond donors (Lipinski definition) is 1. The van der Waals surface area contributed by atoms with Gasteiger partial charge in [-0.2, -0.15) is 5.10 Å². The molecular weight excluding hydrogens is 255 g/mol. The first-order valence-electron chi connectivity index (χ1n) is 6.95. The topological polar surface area (TPSA) is 42.7 Å². The van der Waals surface area contributed by atoms with Crippen molar-refractivity contribution in [2.45, 2.75) is 39.3 Å². The first kappa shape index (κ1) is 14.7. The van der Waals surface area contributed by atoms with Crippen LogP contribution in [-0.2, 0) is 13.0 Å². The van der Waals surface area contributed by atoms with Gasteiger partial charge in [-0.1, -0.05) is 19.1 Å². The minimum absolute atomic E-state index is 0.106. The summed E-state index contributed by atoms with van der Waals surface area (Å²) in [7, 11) is 1.91. The third-order valence-corrected chi connectivity index (χ3v) is 3.45. The number of aryl methyl sites for hydroxylation is 2. The number of nitrogens with zero attached hydrogens (tertiary/aromatic N) is 3. The predicted molar refractivity (Wildman–Crippen MR) is 77.0 cm³/mol. The van der Waals surface area contributed by atoms with E-state index in [2.05, 4.69) is 22.3 Å². The first-order chi connectivity index (χ1) is 9.65. The van der Waals surface area contributed by atoms with Crippen LogP contribution in [0.25, 0.3) is 0 Å². The molecule has 0 saturated carbocycles. The Bertz CT molecular complexity index is 565. The first-order valence-corrected chi connectivity index (χ1v) is 6.95. The second-order valence-corrected chi connectivity index (χ2v) is 4.95. The van der Waals surface area contributed by atoms with E-state index in [4.69, 9.17) is 0 Å². The summed E-state index contributed by atoms with van der Waals surface area (Å²) in [5.74, 6) is 0.783.